The fourth-order valence-corrected chi connectivity index (χ4v) is 3.94. The van der Waals surface area contributed by atoms with Crippen LogP contribution in [0.15, 0.2) is 53.6 Å². The number of imide groups is 1. The van der Waals surface area contributed by atoms with Crippen LogP contribution in [0, 0.1) is 0 Å². The number of amides is 2. The SMILES string of the molecule is Cl.O=C1NC(=O)/C(=C/c2ccc(OC[C@@H]3CCCN3c3ccccn3)cc2)S1. The molecular weight excluding hydrogens is 398 g/mol. The molecule has 4 rings (SSSR count). The second kappa shape index (κ2) is 9.12. The Hall–Kier alpha value is -2.51. The molecular formula is C20H20ClN3O3S. The molecule has 2 fully saturated rings. The first kappa shape index (κ1) is 20.2. The van der Waals surface area contributed by atoms with E-state index in [9.17, 15) is 9.59 Å². The highest BCUT2D eigenvalue weighted by Crippen LogP contribution is 2.27. The zero-order valence-electron chi connectivity index (χ0n) is 15.0. The Morgan fingerprint density at radius 3 is 2.71 bits per heavy atom. The molecule has 2 saturated heterocycles. The monoisotopic (exact) mass is 417 g/mol. The van der Waals surface area contributed by atoms with E-state index in [0.717, 1.165) is 48.3 Å². The summed E-state index contributed by atoms with van der Waals surface area (Å²) in [5.41, 5.74) is 0.852. The van der Waals surface area contributed by atoms with Gasteiger partial charge in [-0.3, -0.25) is 14.9 Å². The van der Waals surface area contributed by atoms with Crippen LogP contribution in [0.4, 0.5) is 10.6 Å². The number of ether oxygens (including phenoxy) is 1. The van der Waals surface area contributed by atoms with Crippen molar-refractivity contribution < 1.29 is 14.3 Å². The second-order valence-electron chi connectivity index (χ2n) is 6.41. The first-order chi connectivity index (χ1) is 13.2. The van der Waals surface area contributed by atoms with Crippen LogP contribution in [0.5, 0.6) is 5.75 Å². The van der Waals surface area contributed by atoms with Crippen LogP contribution >= 0.6 is 24.2 Å². The summed E-state index contributed by atoms with van der Waals surface area (Å²) in [5, 5.41) is 1.92. The lowest BCUT2D eigenvalue weighted by atomic mass is 10.2. The van der Waals surface area contributed by atoms with E-state index >= 15 is 0 Å². The predicted octanol–water partition coefficient (Wildman–Crippen LogP) is 3.88. The molecule has 6 nitrogen and oxygen atoms in total. The van der Waals surface area contributed by atoms with E-state index in [1.54, 1.807) is 6.08 Å². The lowest BCUT2D eigenvalue weighted by Gasteiger charge is -2.25. The maximum Gasteiger partial charge on any atom is 0.290 e. The van der Waals surface area contributed by atoms with Crippen molar-refractivity contribution in [2.45, 2.75) is 18.9 Å². The van der Waals surface area contributed by atoms with Crippen LogP contribution in [-0.4, -0.2) is 35.3 Å². The zero-order valence-corrected chi connectivity index (χ0v) is 16.7. The fraction of sp³-hybridized carbons (Fsp3) is 0.250. The third kappa shape index (κ3) is 4.66. The number of benzene rings is 1. The lowest BCUT2D eigenvalue weighted by molar-refractivity contribution is -0.115. The largest absolute Gasteiger partial charge is 0.491 e. The number of hydrogen-bond acceptors (Lipinski definition) is 6. The number of nitrogens with zero attached hydrogens (tertiary/aromatic N) is 2. The standard InChI is InChI=1S/C20H19N3O3S.ClH/c24-19-17(27-20(25)22-19)12-14-6-8-16(9-7-14)26-13-15-4-3-11-23(15)18-5-1-2-10-21-18;/h1-2,5-10,12,15H,3-4,11,13H2,(H,22,24,25);1H/b17-12-;/t15-;/m0./s1. The normalized spacial score (nSPS) is 20.2. The average Bonchev–Trinajstić information content (AvgIpc) is 3.28. The Morgan fingerprint density at radius 1 is 1.21 bits per heavy atom. The van der Waals surface area contributed by atoms with Gasteiger partial charge in [-0.05, 0) is 60.5 Å². The number of carbonyl (C=O) groups is 2. The van der Waals surface area contributed by atoms with Crippen LogP contribution in [0.1, 0.15) is 18.4 Å². The van der Waals surface area contributed by atoms with Crippen molar-refractivity contribution >= 4 is 47.2 Å². The number of carbonyl (C=O) groups excluding carboxylic acids is 2. The predicted molar refractivity (Wildman–Crippen MR) is 113 cm³/mol. The van der Waals surface area contributed by atoms with Gasteiger partial charge in [0, 0.05) is 12.7 Å². The highest BCUT2D eigenvalue weighted by Gasteiger charge is 2.26. The number of thioether (sulfide) groups is 1. The number of pyridine rings is 1. The van der Waals surface area contributed by atoms with E-state index < -0.39 is 0 Å². The van der Waals surface area contributed by atoms with Gasteiger partial charge in [0.2, 0.25) is 0 Å². The van der Waals surface area contributed by atoms with Crippen molar-refractivity contribution in [1.82, 2.24) is 10.3 Å². The number of aromatic nitrogens is 1. The smallest absolute Gasteiger partial charge is 0.290 e. The molecule has 1 aromatic heterocycles. The average molecular weight is 418 g/mol. The van der Waals surface area contributed by atoms with Gasteiger partial charge >= 0.3 is 0 Å². The van der Waals surface area contributed by atoms with Gasteiger partial charge in [0.05, 0.1) is 10.9 Å². The van der Waals surface area contributed by atoms with E-state index in [2.05, 4.69) is 15.2 Å². The van der Waals surface area contributed by atoms with Gasteiger partial charge in [-0.15, -0.1) is 12.4 Å². The molecule has 0 spiro atoms. The van der Waals surface area contributed by atoms with Crippen molar-refractivity contribution in [2.24, 2.45) is 0 Å². The molecule has 0 unspecified atom stereocenters. The molecule has 0 bridgehead atoms. The molecule has 2 amide bonds. The van der Waals surface area contributed by atoms with E-state index in [1.165, 1.54) is 0 Å². The minimum Gasteiger partial charge on any atom is -0.491 e. The van der Waals surface area contributed by atoms with Crippen LogP contribution < -0.4 is 15.0 Å². The number of hydrogen-bond donors (Lipinski definition) is 1. The van der Waals surface area contributed by atoms with Gasteiger partial charge in [0.25, 0.3) is 11.1 Å². The van der Waals surface area contributed by atoms with Crippen molar-refractivity contribution in [2.75, 3.05) is 18.1 Å². The molecule has 2 aliphatic heterocycles. The number of rotatable bonds is 5. The quantitative estimate of drug-likeness (QED) is 0.744. The Bertz CT molecular complexity index is 874. The molecule has 1 atom stereocenters. The van der Waals surface area contributed by atoms with Gasteiger partial charge in [-0.2, -0.15) is 0 Å². The van der Waals surface area contributed by atoms with E-state index in [1.807, 2.05) is 48.7 Å². The first-order valence-electron chi connectivity index (χ1n) is 8.84. The van der Waals surface area contributed by atoms with Crippen LogP contribution in [0.25, 0.3) is 6.08 Å². The molecule has 2 aromatic rings. The van der Waals surface area contributed by atoms with Crippen LogP contribution in [0.2, 0.25) is 0 Å². The van der Waals surface area contributed by atoms with Crippen molar-refractivity contribution in [3.05, 3.63) is 59.1 Å². The highest BCUT2D eigenvalue weighted by molar-refractivity contribution is 8.18. The Balaban J connectivity index is 0.00000225. The molecule has 146 valence electrons. The summed E-state index contributed by atoms with van der Waals surface area (Å²) < 4.78 is 5.98. The summed E-state index contributed by atoms with van der Waals surface area (Å²) >= 11 is 0.917. The minimum atomic E-state index is -0.346. The van der Waals surface area contributed by atoms with Crippen molar-refractivity contribution in [1.29, 1.82) is 0 Å². The summed E-state index contributed by atoms with van der Waals surface area (Å²) in [6, 6.07) is 13.8. The molecule has 0 saturated carbocycles. The van der Waals surface area contributed by atoms with E-state index in [4.69, 9.17) is 4.74 Å². The van der Waals surface area contributed by atoms with Gasteiger partial charge in [0.15, 0.2) is 0 Å². The van der Waals surface area contributed by atoms with Gasteiger partial charge < -0.3 is 9.64 Å². The molecule has 0 aliphatic carbocycles. The maximum absolute atomic E-state index is 11.6. The Kier molecular flexibility index (Phi) is 6.59. The third-order valence-corrected chi connectivity index (χ3v) is 5.39. The number of halogens is 1. The summed E-state index contributed by atoms with van der Waals surface area (Å²) in [5.74, 6) is 1.43. The summed E-state index contributed by atoms with van der Waals surface area (Å²) in [4.78, 5) is 30.0. The summed E-state index contributed by atoms with van der Waals surface area (Å²) in [6.07, 6.45) is 5.74. The number of anilines is 1. The summed E-state index contributed by atoms with van der Waals surface area (Å²) in [6.45, 7) is 1.60. The molecule has 1 aromatic carbocycles. The van der Waals surface area contributed by atoms with Gasteiger partial charge in [-0.25, -0.2) is 4.98 Å². The number of nitrogens with one attached hydrogen (secondary N) is 1. The third-order valence-electron chi connectivity index (χ3n) is 4.58. The van der Waals surface area contributed by atoms with Gasteiger partial charge in [-0.1, -0.05) is 18.2 Å². The molecule has 28 heavy (non-hydrogen) atoms. The van der Waals surface area contributed by atoms with E-state index in [-0.39, 0.29) is 23.6 Å². The van der Waals surface area contributed by atoms with Crippen LogP contribution in [0.3, 0.4) is 0 Å². The molecule has 3 heterocycles. The fourth-order valence-electron chi connectivity index (χ4n) is 3.26. The first-order valence-corrected chi connectivity index (χ1v) is 9.66. The Labute approximate surface area is 173 Å². The van der Waals surface area contributed by atoms with Crippen LogP contribution in [-0.2, 0) is 4.79 Å². The maximum atomic E-state index is 11.6. The van der Waals surface area contributed by atoms with Crippen molar-refractivity contribution in [3.63, 3.8) is 0 Å². The zero-order chi connectivity index (χ0) is 18.6. The molecule has 2 aliphatic rings. The van der Waals surface area contributed by atoms with Crippen molar-refractivity contribution in [3.8, 4) is 5.75 Å². The Morgan fingerprint density at radius 2 is 2.04 bits per heavy atom. The molecule has 1 N–H and O–H groups in total. The van der Waals surface area contributed by atoms with E-state index in [0.29, 0.717) is 17.6 Å². The lowest BCUT2D eigenvalue weighted by Crippen LogP contribution is -2.34. The summed E-state index contributed by atoms with van der Waals surface area (Å²) in [7, 11) is 0. The van der Waals surface area contributed by atoms with Gasteiger partial charge in [0.1, 0.15) is 18.2 Å². The highest BCUT2D eigenvalue weighted by atomic mass is 35.5. The molecule has 8 heteroatoms. The molecule has 0 radical (unpaired) electrons. The topological polar surface area (TPSA) is 71.5 Å². The minimum absolute atomic E-state index is 0. The second-order valence-corrected chi connectivity index (χ2v) is 7.42.